The SMILES string of the molecule is O=C(NCc1nc(-c2ccccc2)no1)c1cc(S(=O)(=O)N2CCCC2)ccc1Cl. The molecule has 0 bridgehead atoms. The van der Waals surface area contributed by atoms with Gasteiger partial charge in [-0.25, -0.2) is 8.42 Å². The zero-order valence-electron chi connectivity index (χ0n) is 15.9. The minimum Gasteiger partial charge on any atom is -0.343 e. The average molecular weight is 447 g/mol. The van der Waals surface area contributed by atoms with Crippen molar-refractivity contribution in [3.05, 3.63) is 65.0 Å². The van der Waals surface area contributed by atoms with Crippen molar-refractivity contribution < 1.29 is 17.7 Å². The number of hydrogen-bond acceptors (Lipinski definition) is 6. The standard InChI is InChI=1S/C20H19ClN4O4S/c21-17-9-8-15(30(27,28)25-10-4-5-11-25)12-16(17)20(26)22-13-18-23-19(24-29-18)14-6-2-1-3-7-14/h1-3,6-9,12H,4-5,10-11,13H2,(H,22,26). The van der Waals surface area contributed by atoms with Crippen molar-refractivity contribution in [2.45, 2.75) is 24.3 Å². The summed E-state index contributed by atoms with van der Waals surface area (Å²) < 4.78 is 32.1. The molecule has 1 aliphatic rings. The Morgan fingerprint density at radius 3 is 2.60 bits per heavy atom. The lowest BCUT2D eigenvalue weighted by Crippen LogP contribution is -2.28. The van der Waals surface area contributed by atoms with E-state index in [-0.39, 0.29) is 27.9 Å². The van der Waals surface area contributed by atoms with E-state index < -0.39 is 15.9 Å². The predicted molar refractivity (Wildman–Crippen MR) is 110 cm³/mol. The van der Waals surface area contributed by atoms with Gasteiger partial charge < -0.3 is 9.84 Å². The topological polar surface area (TPSA) is 105 Å². The molecule has 0 aliphatic carbocycles. The molecule has 1 aliphatic heterocycles. The average Bonchev–Trinajstić information content (AvgIpc) is 3.45. The summed E-state index contributed by atoms with van der Waals surface area (Å²) >= 11 is 6.15. The number of sulfonamides is 1. The van der Waals surface area contributed by atoms with Gasteiger partial charge in [0.1, 0.15) is 0 Å². The van der Waals surface area contributed by atoms with Crippen molar-refractivity contribution in [2.24, 2.45) is 0 Å². The van der Waals surface area contributed by atoms with Crippen molar-refractivity contribution in [2.75, 3.05) is 13.1 Å². The second kappa shape index (κ2) is 8.55. The van der Waals surface area contributed by atoms with Crippen LogP contribution in [0, 0.1) is 0 Å². The Morgan fingerprint density at radius 2 is 1.87 bits per heavy atom. The number of carbonyl (C=O) groups excluding carboxylic acids is 1. The molecule has 8 nitrogen and oxygen atoms in total. The van der Waals surface area contributed by atoms with Gasteiger partial charge in [0.25, 0.3) is 5.91 Å². The lowest BCUT2D eigenvalue weighted by Gasteiger charge is -2.16. The van der Waals surface area contributed by atoms with Crippen LogP contribution < -0.4 is 5.32 Å². The van der Waals surface area contributed by atoms with Crippen LogP contribution in [-0.2, 0) is 16.6 Å². The number of amides is 1. The van der Waals surface area contributed by atoms with Gasteiger partial charge in [-0.2, -0.15) is 9.29 Å². The molecule has 0 unspecified atom stereocenters. The van der Waals surface area contributed by atoms with Gasteiger partial charge in [-0.3, -0.25) is 4.79 Å². The van der Waals surface area contributed by atoms with E-state index >= 15 is 0 Å². The zero-order valence-corrected chi connectivity index (χ0v) is 17.5. The number of carbonyl (C=O) groups is 1. The third kappa shape index (κ3) is 4.23. The molecule has 0 atom stereocenters. The van der Waals surface area contributed by atoms with E-state index in [1.165, 1.54) is 22.5 Å². The lowest BCUT2D eigenvalue weighted by atomic mass is 10.2. The smallest absolute Gasteiger partial charge is 0.253 e. The van der Waals surface area contributed by atoms with Gasteiger partial charge in [0.2, 0.25) is 21.7 Å². The molecule has 4 rings (SSSR count). The van der Waals surface area contributed by atoms with Gasteiger partial charge >= 0.3 is 0 Å². The minimum absolute atomic E-state index is 0.0158. The Balaban J connectivity index is 1.48. The van der Waals surface area contributed by atoms with Gasteiger partial charge in [0, 0.05) is 18.7 Å². The largest absolute Gasteiger partial charge is 0.343 e. The van der Waals surface area contributed by atoms with Crippen LogP contribution in [0.4, 0.5) is 0 Å². The summed E-state index contributed by atoms with van der Waals surface area (Å²) in [5, 5.41) is 6.69. The van der Waals surface area contributed by atoms with Gasteiger partial charge in [0.15, 0.2) is 0 Å². The van der Waals surface area contributed by atoms with Crippen molar-refractivity contribution >= 4 is 27.5 Å². The number of nitrogens with one attached hydrogen (secondary N) is 1. The molecule has 2 aromatic carbocycles. The van der Waals surface area contributed by atoms with Crippen LogP contribution >= 0.6 is 11.6 Å². The second-order valence-electron chi connectivity index (χ2n) is 6.81. The summed E-state index contributed by atoms with van der Waals surface area (Å²) in [6.45, 7) is 0.943. The van der Waals surface area contributed by atoms with Crippen molar-refractivity contribution in [1.82, 2.24) is 19.8 Å². The van der Waals surface area contributed by atoms with Crippen LogP contribution in [0.2, 0.25) is 5.02 Å². The first kappa shape index (κ1) is 20.5. The summed E-state index contributed by atoms with van der Waals surface area (Å²) in [6.07, 6.45) is 1.66. The zero-order chi connectivity index (χ0) is 21.1. The molecule has 0 spiro atoms. The maximum atomic E-state index is 12.8. The molecule has 30 heavy (non-hydrogen) atoms. The maximum absolute atomic E-state index is 12.8. The Hall–Kier alpha value is -2.75. The van der Waals surface area contributed by atoms with E-state index in [1.807, 2.05) is 30.3 Å². The molecule has 1 aromatic heterocycles. The first-order valence-electron chi connectivity index (χ1n) is 9.41. The van der Waals surface area contributed by atoms with Crippen LogP contribution in [0.15, 0.2) is 57.9 Å². The quantitative estimate of drug-likeness (QED) is 0.623. The number of rotatable bonds is 6. The minimum atomic E-state index is -3.65. The van der Waals surface area contributed by atoms with Crippen LogP contribution in [-0.4, -0.2) is 41.9 Å². The van der Waals surface area contributed by atoms with Crippen molar-refractivity contribution in [3.8, 4) is 11.4 Å². The molecule has 1 N–H and O–H groups in total. The molecule has 3 aromatic rings. The lowest BCUT2D eigenvalue weighted by molar-refractivity contribution is 0.0946. The first-order valence-corrected chi connectivity index (χ1v) is 11.2. The third-order valence-corrected chi connectivity index (χ3v) is 7.01. The summed E-state index contributed by atoms with van der Waals surface area (Å²) in [5.74, 6) is 0.105. The number of aromatic nitrogens is 2. The molecule has 10 heteroatoms. The molecule has 1 amide bonds. The molecule has 2 heterocycles. The van der Waals surface area contributed by atoms with Crippen LogP contribution in [0.3, 0.4) is 0 Å². The van der Waals surface area contributed by atoms with Crippen LogP contribution in [0.5, 0.6) is 0 Å². The highest BCUT2D eigenvalue weighted by molar-refractivity contribution is 7.89. The summed E-state index contributed by atoms with van der Waals surface area (Å²) in [4.78, 5) is 16.9. The monoisotopic (exact) mass is 446 g/mol. The number of halogens is 1. The fraction of sp³-hybridized carbons (Fsp3) is 0.250. The molecule has 156 valence electrons. The van der Waals surface area contributed by atoms with E-state index in [2.05, 4.69) is 15.5 Å². The Bertz CT molecular complexity index is 1160. The normalized spacial score (nSPS) is 14.7. The highest BCUT2D eigenvalue weighted by Crippen LogP contribution is 2.25. The highest BCUT2D eigenvalue weighted by Gasteiger charge is 2.28. The van der Waals surface area contributed by atoms with E-state index in [4.69, 9.17) is 16.1 Å². The number of hydrogen-bond donors (Lipinski definition) is 1. The van der Waals surface area contributed by atoms with Crippen molar-refractivity contribution in [1.29, 1.82) is 0 Å². The van der Waals surface area contributed by atoms with Crippen molar-refractivity contribution in [3.63, 3.8) is 0 Å². The van der Waals surface area contributed by atoms with Gasteiger partial charge in [-0.15, -0.1) is 0 Å². The van der Waals surface area contributed by atoms with E-state index in [0.717, 1.165) is 18.4 Å². The Kier molecular flexibility index (Phi) is 5.85. The van der Waals surface area contributed by atoms with Gasteiger partial charge in [0.05, 0.1) is 22.0 Å². The van der Waals surface area contributed by atoms with E-state index in [0.29, 0.717) is 18.9 Å². The Labute approximate surface area is 178 Å². The van der Waals surface area contributed by atoms with E-state index in [9.17, 15) is 13.2 Å². The predicted octanol–water partition coefficient (Wildman–Crippen LogP) is 3.10. The fourth-order valence-electron chi connectivity index (χ4n) is 3.20. The molecular weight excluding hydrogens is 428 g/mol. The third-order valence-electron chi connectivity index (χ3n) is 4.79. The summed E-state index contributed by atoms with van der Waals surface area (Å²) in [7, 11) is -3.65. The van der Waals surface area contributed by atoms with Crippen LogP contribution in [0.25, 0.3) is 11.4 Å². The maximum Gasteiger partial charge on any atom is 0.253 e. The van der Waals surface area contributed by atoms with Gasteiger partial charge in [-0.1, -0.05) is 47.1 Å². The molecule has 0 saturated carbocycles. The fourth-order valence-corrected chi connectivity index (χ4v) is 4.95. The molecule has 1 saturated heterocycles. The summed E-state index contributed by atoms with van der Waals surface area (Å²) in [6, 6.07) is 13.4. The number of benzene rings is 2. The molecule has 1 fully saturated rings. The molecule has 0 radical (unpaired) electrons. The van der Waals surface area contributed by atoms with Gasteiger partial charge in [-0.05, 0) is 31.0 Å². The van der Waals surface area contributed by atoms with E-state index in [1.54, 1.807) is 0 Å². The Morgan fingerprint density at radius 1 is 1.13 bits per heavy atom. The van der Waals surface area contributed by atoms with Crippen LogP contribution in [0.1, 0.15) is 29.1 Å². The summed E-state index contributed by atoms with van der Waals surface area (Å²) in [5.41, 5.74) is 0.862. The highest BCUT2D eigenvalue weighted by atomic mass is 35.5. The first-order chi connectivity index (χ1) is 14.4. The number of nitrogens with zero attached hydrogens (tertiary/aromatic N) is 3. The second-order valence-corrected chi connectivity index (χ2v) is 9.16. The molecular formula is C20H19ClN4O4S.